The van der Waals surface area contributed by atoms with Crippen molar-refractivity contribution in [3.05, 3.63) is 96.9 Å². The third-order valence-corrected chi connectivity index (χ3v) is 10.0. The number of carbonyl (C=O) groups is 3. The molecule has 1 fully saturated rings. The van der Waals surface area contributed by atoms with Crippen molar-refractivity contribution in [2.45, 2.75) is 23.1 Å². The highest BCUT2D eigenvalue weighted by Crippen LogP contribution is 2.53. The Kier molecular flexibility index (Phi) is 7.69. The number of fused-ring (bicyclic) bond motifs is 2. The minimum atomic E-state index is -0.735. The Morgan fingerprint density at radius 1 is 1.02 bits per heavy atom. The number of aryl methyl sites for hydroxylation is 1. The van der Waals surface area contributed by atoms with Crippen molar-refractivity contribution in [2.75, 3.05) is 23.9 Å². The number of rotatable bonds is 7. The number of amides is 3. The lowest BCUT2D eigenvalue weighted by molar-refractivity contribution is -0.122. The van der Waals surface area contributed by atoms with E-state index < -0.39 is 17.1 Å². The fraction of sp³-hybridized carbons (Fsp3) is 0.200. The van der Waals surface area contributed by atoms with Gasteiger partial charge in [-0.15, -0.1) is 0 Å². The zero-order valence-corrected chi connectivity index (χ0v) is 25.6. The lowest BCUT2D eigenvalue weighted by Gasteiger charge is -2.30. The van der Waals surface area contributed by atoms with E-state index in [1.807, 2.05) is 25.1 Å². The lowest BCUT2D eigenvalue weighted by atomic mass is 9.83. The SMILES string of the molecule is COc1cc([C@@H]2c3sc(=O)[nH]c3S[C@H]3C(=O)N(c4ccc(Br)cc4)C(=O)[C@@H]23)ccc1OCC(=O)Nc1cccc(C)c1. The van der Waals surface area contributed by atoms with Crippen LogP contribution in [0.15, 0.2) is 81.0 Å². The van der Waals surface area contributed by atoms with Gasteiger partial charge in [0.1, 0.15) is 5.25 Å². The third-order valence-electron chi connectivity index (χ3n) is 7.12. The number of hydrogen-bond acceptors (Lipinski definition) is 8. The van der Waals surface area contributed by atoms with Crippen LogP contribution in [-0.2, 0) is 14.4 Å². The number of carbonyl (C=O) groups excluding carboxylic acids is 3. The Labute approximate surface area is 257 Å². The summed E-state index contributed by atoms with van der Waals surface area (Å²) in [7, 11) is 1.48. The van der Waals surface area contributed by atoms with E-state index in [2.05, 4.69) is 26.2 Å². The van der Waals surface area contributed by atoms with E-state index in [4.69, 9.17) is 9.47 Å². The first kappa shape index (κ1) is 28.3. The first-order valence-corrected chi connectivity index (χ1v) is 15.4. The molecule has 3 heterocycles. The summed E-state index contributed by atoms with van der Waals surface area (Å²) in [5, 5.41) is 2.68. The second-order valence-electron chi connectivity index (χ2n) is 9.85. The molecule has 3 atom stereocenters. The van der Waals surface area contributed by atoms with Crippen LogP contribution < -0.4 is 24.6 Å². The highest BCUT2D eigenvalue weighted by Gasteiger charge is 2.56. The molecule has 12 heteroatoms. The van der Waals surface area contributed by atoms with Gasteiger partial charge < -0.3 is 19.8 Å². The Balaban J connectivity index is 1.30. The van der Waals surface area contributed by atoms with Gasteiger partial charge in [-0.25, -0.2) is 4.90 Å². The second-order valence-corrected chi connectivity index (χ2v) is 12.9. The Hall–Kier alpha value is -3.87. The van der Waals surface area contributed by atoms with Crippen LogP contribution in [0.1, 0.15) is 21.9 Å². The fourth-order valence-electron chi connectivity index (χ4n) is 5.28. The standard InChI is InChI=1S/C30H24BrN3O6S2/c1-15-4-3-5-18(12-15)32-22(35)14-40-20-11-6-16(13-21(20)39-2)23-24-26(41-27-25(23)42-30(38)33-27)29(37)34(28(24)36)19-9-7-17(31)8-10-19/h3-13,23-24,26H,14H2,1-2H3,(H,32,35)(H,33,38)/t23-,24-,26+/m0/s1. The molecule has 0 aliphatic carbocycles. The smallest absolute Gasteiger partial charge is 0.305 e. The number of aromatic nitrogens is 1. The van der Waals surface area contributed by atoms with Crippen molar-refractivity contribution in [3.63, 3.8) is 0 Å². The van der Waals surface area contributed by atoms with E-state index in [0.717, 1.165) is 21.4 Å². The van der Waals surface area contributed by atoms with Crippen molar-refractivity contribution in [3.8, 4) is 11.5 Å². The number of H-pyrrole nitrogens is 1. The number of methoxy groups -OCH3 is 1. The molecule has 6 rings (SSSR count). The van der Waals surface area contributed by atoms with Gasteiger partial charge in [0, 0.05) is 21.0 Å². The van der Waals surface area contributed by atoms with Crippen LogP contribution in [0.4, 0.5) is 11.4 Å². The second kappa shape index (κ2) is 11.4. The summed E-state index contributed by atoms with van der Waals surface area (Å²) in [6.07, 6.45) is 0. The average molecular weight is 667 g/mol. The fourth-order valence-corrected chi connectivity index (χ4v) is 8.06. The van der Waals surface area contributed by atoms with Gasteiger partial charge in [0.05, 0.1) is 23.7 Å². The van der Waals surface area contributed by atoms with Crippen LogP contribution in [0.5, 0.6) is 11.5 Å². The van der Waals surface area contributed by atoms with Gasteiger partial charge in [0.25, 0.3) is 5.91 Å². The van der Waals surface area contributed by atoms with Crippen LogP contribution in [-0.4, -0.2) is 41.7 Å². The number of nitrogens with zero attached hydrogens (tertiary/aromatic N) is 1. The molecule has 2 aliphatic rings. The Bertz CT molecular complexity index is 1770. The molecule has 1 aromatic heterocycles. The normalized spacial score (nSPS) is 19.3. The van der Waals surface area contributed by atoms with E-state index in [1.165, 1.54) is 23.8 Å². The number of ether oxygens (including phenoxy) is 2. The van der Waals surface area contributed by atoms with Crippen LogP contribution in [0.25, 0.3) is 0 Å². The molecule has 0 spiro atoms. The van der Waals surface area contributed by atoms with Gasteiger partial charge in [-0.2, -0.15) is 0 Å². The number of halogens is 1. The van der Waals surface area contributed by atoms with Crippen LogP contribution in [0.2, 0.25) is 0 Å². The van der Waals surface area contributed by atoms with Gasteiger partial charge in [0.15, 0.2) is 18.1 Å². The molecular formula is C30H24BrN3O6S2. The summed E-state index contributed by atoms with van der Waals surface area (Å²) < 4.78 is 12.2. The van der Waals surface area contributed by atoms with Crippen molar-refractivity contribution in [1.82, 2.24) is 4.98 Å². The zero-order chi connectivity index (χ0) is 29.5. The molecule has 9 nitrogen and oxygen atoms in total. The Morgan fingerprint density at radius 2 is 1.81 bits per heavy atom. The van der Waals surface area contributed by atoms with Gasteiger partial charge >= 0.3 is 4.87 Å². The summed E-state index contributed by atoms with van der Waals surface area (Å²) >= 11 is 5.65. The molecule has 4 aromatic rings. The number of benzene rings is 3. The topological polar surface area (TPSA) is 118 Å². The predicted molar refractivity (Wildman–Crippen MR) is 165 cm³/mol. The number of thioether (sulfide) groups is 1. The molecule has 3 amide bonds. The number of thiazole rings is 1. The number of hydrogen-bond donors (Lipinski definition) is 2. The van der Waals surface area contributed by atoms with Gasteiger partial charge in [-0.05, 0) is 66.6 Å². The van der Waals surface area contributed by atoms with Crippen LogP contribution >= 0.6 is 39.0 Å². The van der Waals surface area contributed by atoms with E-state index in [1.54, 1.807) is 48.5 Å². The largest absolute Gasteiger partial charge is 0.493 e. The number of imide groups is 1. The molecule has 1 saturated heterocycles. The predicted octanol–water partition coefficient (Wildman–Crippen LogP) is 5.33. The van der Waals surface area contributed by atoms with Crippen LogP contribution in [0, 0.1) is 12.8 Å². The van der Waals surface area contributed by atoms with Crippen LogP contribution in [0.3, 0.4) is 0 Å². The highest BCUT2D eigenvalue weighted by atomic mass is 79.9. The average Bonchev–Trinajstić information content (AvgIpc) is 3.46. The highest BCUT2D eigenvalue weighted by molar-refractivity contribution is 9.10. The molecule has 214 valence electrons. The third kappa shape index (κ3) is 5.25. The van der Waals surface area contributed by atoms with E-state index >= 15 is 0 Å². The first-order valence-electron chi connectivity index (χ1n) is 12.9. The molecule has 0 bridgehead atoms. The Morgan fingerprint density at radius 3 is 2.55 bits per heavy atom. The molecule has 0 radical (unpaired) electrons. The molecule has 42 heavy (non-hydrogen) atoms. The minimum Gasteiger partial charge on any atom is -0.493 e. The molecule has 2 aliphatic heterocycles. The number of anilines is 2. The summed E-state index contributed by atoms with van der Waals surface area (Å²) in [6, 6.07) is 19.6. The van der Waals surface area contributed by atoms with E-state index in [9.17, 15) is 19.2 Å². The maximum Gasteiger partial charge on any atom is 0.305 e. The molecule has 2 N–H and O–H groups in total. The molecular weight excluding hydrogens is 642 g/mol. The quantitative estimate of drug-likeness (QED) is 0.256. The van der Waals surface area contributed by atoms with Gasteiger partial charge in [-0.1, -0.05) is 57.2 Å². The van der Waals surface area contributed by atoms with E-state index in [0.29, 0.717) is 38.3 Å². The summed E-state index contributed by atoms with van der Waals surface area (Å²) in [5.41, 5.74) is 2.87. The van der Waals surface area contributed by atoms with Crippen molar-refractivity contribution in [2.24, 2.45) is 5.92 Å². The van der Waals surface area contributed by atoms with Crippen molar-refractivity contribution < 1.29 is 23.9 Å². The summed E-state index contributed by atoms with van der Waals surface area (Å²) in [6.45, 7) is 1.70. The summed E-state index contributed by atoms with van der Waals surface area (Å²) in [5.74, 6) is -1.59. The number of nitrogens with one attached hydrogen (secondary N) is 2. The monoisotopic (exact) mass is 665 g/mol. The van der Waals surface area contributed by atoms with Crippen molar-refractivity contribution >= 4 is 68.1 Å². The van der Waals surface area contributed by atoms with Gasteiger partial charge in [-0.3, -0.25) is 19.2 Å². The molecule has 0 unspecified atom stereocenters. The zero-order valence-electron chi connectivity index (χ0n) is 22.4. The van der Waals surface area contributed by atoms with Gasteiger partial charge in [0.2, 0.25) is 11.8 Å². The summed E-state index contributed by atoms with van der Waals surface area (Å²) in [4.78, 5) is 56.9. The lowest BCUT2D eigenvalue weighted by Crippen LogP contribution is -2.32. The maximum atomic E-state index is 13.9. The maximum absolute atomic E-state index is 13.9. The molecule has 0 saturated carbocycles. The van der Waals surface area contributed by atoms with E-state index in [-0.39, 0.29) is 29.2 Å². The van der Waals surface area contributed by atoms with Crippen molar-refractivity contribution in [1.29, 1.82) is 0 Å². The molecule has 3 aromatic carbocycles. The minimum absolute atomic E-state index is 0.243. The first-order chi connectivity index (χ1) is 20.2. The number of aromatic amines is 1.